The summed E-state index contributed by atoms with van der Waals surface area (Å²) in [6.45, 7) is 0.665. The molecule has 1 aliphatic carbocycles. The van der Waals surface area contributed by atoms with Gasteiger partial charge in [-0.05, 0) is 37.0 Å². The Morgan fingerprint density at radius 2 is 2.21 bits per heavy atom. The standard InChI is InChI=1S/C14H17NO4/c1-17-14(16)11-5-6-12(8-15-18-2)13(7-11)19-9-10-3-4-10/h5-8,10H,3-4,9H2,1-2H3. The number of hydrogen-bond donors (Lipinski definition) is 0. The zero-order valence-corrected chi connectivity index (χ0v) is 11.1. The van der Waals surface area contributed by atoms with E-state index in [-0.39, 0.29) is 5.97 Å². The van der Waals surface area contributed by atoms with Crippen LogP contribution in [-0.2, 0) is 9.57 Å². The zero-order chi connectivity index (χ0) is 13.7. The average molecular weight is 263 g/mol. The molecule has 0 spiro atoms. The van der Waals surface area contributed by atoms with Gasteiger partial charge in [-0.25, -0.2) is 4.79 Å². The van der Waals surface area contributed by atoms with E-state index in [2.05, 4.69) is 9.99 Å². The number of oxime groups is 1. The summed E-state index contributed by atoms with van der Waals surface area (Å²) in [6.07, 6.45) is 3.97. The summed E-state index contributed by atoms with van der Waals surface area (Å²) >= 11 is 0. The van der Waals surface area contributed by atoms with E-state index in [1.54, 1.807) is 24.4 Å². The molecule has 0 atom stereocenters. The lowest BCUT2D eigenvalue weighted by molar-refractivity contribution is 0.0600. The summed E-state index contributed by atoms with van der Waals surface area (Å²) in [5.41, 5.74) is 1.23. The number of carbonyl (C=O) groups excluding carboxylic acids is 1. The highest BCUT2D eigenvalue weighted by atomic mass is 16.6. The predicted molar refractivity (Wildman–Crippen MR) is 70.6 cm³/mol. The molecule has 5 nitrogen and oxygen atoms in total. The predicted octanol–water partition coefficient (Wildman–Crippen LogP) is 2.24. The molecule has 0 unspecified atom stereocenters. The number of carbonyl (C=O) groups is 1. The fourth-order valence-corrected chi connectivity index (χ4v) is 1.61. The van der Waals surface area contributed by atoms with E-state index in [9.17, 15) is 4.79 Å². The molecule has 1 aromatic carbocycles. The van der Waals surface area contributed by atoms with E-state index in [0.717, 1.165) is 5.56 Å². The largest absolute Gasteiger partial charge is 0.493 e. The van der Waals surface area contributed by atoms with Crippen molar-refractivity contribution in [1.82, 2.24) is 0 Å². The first-order valence-corrected chi connectivity index (χ1v) is 6.16. The van der Waals surface area contributed by atoms with E-state index in [1.165, 1.54) is 27.1 Å². The average Bonchev–Trinajstić information content (AvgIpc) is 3.26. The highest BCUT2D eigenvalue weighted by Crippen LogP contribution is 2.30. The van der Waals surface area contributed by atoms with Crippen LogP contribution in [0.25, 0.3) is 0 Å². The number of benzene rings is 1. The van der Waals surface area contributed by atoms with Crippen LogP contribution in [0, 0.1) is 5.92 Å². The molecule has 1 saturated carbocycles. The molecule has 102 valence electrons. The van der Waals surface area contributed by atoms with Gasteiger partial charge in [-0.3, -0.25) is 0 Å². The van der Waals surface area contributed by atoms with Crippen molar-refractivity contribution < 1.29 is 19.1 Å². The molecule has 0 radical (unpaired) electrons. The molecule has 0 amide bonds. The number of nitrogens with zero attached hydrogens (tertiary/aromatic N) is 1. The van der Waals surface area contributed by atoms with Crippen LogP contribution < -0.4 is 4.74 Å². The maximum Gasteiger partial charge on any atom is 0.337 e. The third-order valence-electron chi connectivity index (χ3n) is 2.90. The second kappa shape index (κ2) is 6.22. The van der Waals surface area contributed by atoms with Crippen molar-refractivity contribution in [2.75, 3.05) is 20.8 Å². The van der Waals surface area contributed by atoms with Crippen LogP contribution in [0.4, 0.5) is 0 Å². The Kier molecular flexibility index (Phi) is 4.39. The number of ether oxygens (including phenoxy) is 2. The SMILES string of the molecule is CON=Cc1ccc(C(=O)OC)cc1OCC1CC1. The Morgan fingerprint density at radius 3 is 2.84 bits per heavy atom. The smallest absolute Gasteiger partial charge is 0.337 e. The van der Waals surface area contributed by atoms with Crippen LogP contribution in [0.3, 0.4) is 0 Å². The molecule has 0 aliphatic heterocycles. The first-order valence-electron chi connectivity index (χ1n) is 6.16. The van der Waals surface area contributed by atoms with Gasteiger partial charge < -0.3 is 14.3 Å². The third-order valence-corrected chi connectivity index (χ3v) is 2.90. The molecule has 2 rings (SSSR count). The maximum atomic E-state index is 11.5. The Hall–Kier alpha value is -2.04. The van der Waals surface area contributed by atoms with Gasteiger partial charge in [0.25, 0.3) is 0 Å². The van der Waals surface area contributed by atoms with Crippen LogP contribution in [0.1, 0.15) is 28.8 Å². The van der Waals surface area contributed by atoms with Crippen LogP contribution in [0.15, 0.2) is 23.4 Å². The van der Waals surface area contributed by atoms with E-state index < -0.39 is 0 Å². The number of esters is 1. The van der Waals surface area contributed by atoms with E-state index in [4.69, 9.17) is 9.47 Å². The summed E-state index contributed by atoms with van der Waals surface area (Å²) in [7, 11) is 2.83. The monoisotopic (exact) mass is 263 g/mol. The topological polar surface area (TPSA) is 57.1 Å². The molecule has 1 aromatic rings. The van der Waals surface area contributed by atoms with Crippen LogP contribution >= 0.6 is 0 Å². The molecule has 0 heterocycles. The zero-order valence-electron chi connectivity index (χ0n) is 11.1. The van der Waals surface area contributed by atoms with E-state index >= 15 is 0 Å². The Morgan fingerprint density at radius 1 is 1.42 bits per heavy atom. The number of rotatable bonds is 6. The van der Waals surface area contributed by atoms with Crippen molar-refractivity contribution in [2.45, 2.75) is 12.8 Å². The first-order chi connectivity index (χ1) is 9.24. The quantitative estimate of drug-likeness (QED) is 0.448. The highest BCUT2D eigenvalue weighted by molar-refractivity contribution is 5.92. The van der Waals surface area contributed by atoms with Gasteiger partial charge in [-0.2, -0.15) is 0 Å². The van der Waals surface area contributed by atoms with Gasteiger partial charge in [0.1, 0.15) is 12.9 Å². The second-order valence-electron chi connectivity index (χ2n) is 4.42. The Balaban J connectivity index is 2.20. The van der Waals surface area contributed by atoms with Crippen LogP contribution in [0.5, 0.6) is 5.75 Å². The van der Waals surface area contributed by atoms with Crippen LogP contribution in [-0.4, -0.2) is 33.0 Å². The molecule has 1 fully saturated rings. The molecule has 0 N–H and O–H groups in total. The summed E-state index contributed by atoms with van der Waals surface area (Å²) < 4.78 is 10.4. The fourth-order valence-electron chi connectivity index (χ4n) is 1.61. The maximum absolute atomic E-state index is 11.5. The molecule has 0 saturated heterocycles. The van der Waals surface area contributed by atoms with Gasteiger partial charge in [0, 0.05) is 5.56 Å². The lowest BCUT2D eigenvalue weighted by atomic mass is 10.1. The lowest BCUT2D eigenvalue weighted by Crippen LogP contribution is -2.06. The molecule has 1 aliphatic rings. The molecule has 0 bridgehead atoms. The minimum atomic E-state index is -0.383. The first kappa shape index (κ1) is 13.4. The van der Waals surface area contributed by atoms with Crippen molar-refractivity contribution in [3.8, 4) is 5.75 Å². The molecule has 5 heteroatoms. The minimum Gasteiger partial charge on any atom is -0.493 e. The van der Waals surface area contributed by atoms with Crippen molar-refractivity contribution >= 4 is 12.2 Å². The van der Waals surface area contributed by atoms with Gasteiger partial charge in [0.15, 0.2) is 0 Å². The lowest BCUT2D eigenvalue weighted by Gasteiger charge is -2.10. The van der Waals surface area contributed by atoms with Gasteiger partial charge in [0.05, 0.1) is 25.5 Å². The van der Waals surface area contributed by atoms with Gasteiger partial charge >= 0.3 is 5.97 Å². The summed E-state index contributed by atoms with van der Waals surface area (Å²) in [6, 6.07) is 5.11. The number of hydrogen-bond acceptors (Lipinski definition) is 5. The molecular formula is C14H17NO4. The van der Waals surface area contributed by atoms with Crippen LogP contribution in [0.2, 0.25) is 0 Å². The van der Waals surface area contributed by atoms with Gasteiger partial charge in [-0.1, -0.05) is 5.16 Å². The third kappa shape index (κ3) is 3.71. The Bertz CT molecular complexity index is 480. The van der Waals surface area contributed by atoms with Crippen molar-refractivity contribution in [3.63, 3.8) is 0 Å². The molecule has 19 heavy (non-hydrogen) atoms. The summed E-state index contributed by atoms with van der Waals surface area (Å²) in [4.78, 5) is 16.2. The highest BCUT2D eigenvalue weighted by Gasteiger charge is 2.22. The second-order valence-corrected chi connectivity index (χ2v) is 4.42. The van der Waals surface area contributed by atoms with Crippen molar-refractivity contribution in [1.29, 1.82) is 0 Å². The van der Waals surface area contributed by atoms with Gasteiger partial charge in [-0.15, -0.1) is 0 Å². The summed E-state index contributed by atoms with van der Waals surface area (Å²) in [5.74, 6) is 0.871. The number of methoxy groups -OCH3 is 1. The minimum absolute atomic E-state index is 0.383. The van der Waals surface area contributed by atoms with Crippen molar-refractivity contribution in [3.05, 3.63) is 29.3 Å². The Labute approximate surface area is 112 Å². The van der Waals surface area contributed by atoms with E-state index in [1.807, 2.05) is 0 Å². The van der Waals surface area contributed by atoms with E-state index in [0.29, 0.717) is 23.8 Å². The molecular weight excluding hydrogens is 246 g/mol. The normalized spacial score (nSPS) is 14.4. The molecule has 0 aromatic heterocycles. The van der Waals surface area contributed by atoms with Crippen molar-refractivity contribution in [2.24, 2.45) is 11.1 Å². The fraction of sp³-hybridized carbons (Fsp3) is 0.429. The van der Waals surface area contributed by atoms with Gasteiger partial charge in [0.2, 0.25) is 0 Å². The summed E-state index contributed by atoms with van der Waals surface area (Å²) in [5, 5.41) is 3.72.